The van der Waals surface area contributed by atoms with Crippen LogP contribution in [0.5, 0.6) is 5.75 Å². The predicted octanol–water partition coefficient (Wildman–Crippen LogP) is 3.01. The zero-order valence-corrected chi connectivity index (χ0v) is 16.0. The SMILES string of the molecule is COCCN(C)c1cc(Nc2cc(C)[nH]n2)nc(-c2cccc(OC)c2)n1. The highest BCUT2D eigenvalue weighted by Gasteiger charge is 2.12. The Morgan fingerprint density at radius 2 is 1.96 bits per heavy atom. The van der Waals surface area contributed by atoms with Gasteiger partial charge in [-0.25, -0.2) is 9.97 Å². The van der Waals surface area contributed by atoms with Crippen LogP contribution >= 0.6 is 0 Å². The first-order valence-electron chi connectivity index (χ1n) is 8.61. The van der Waals surface area contributed by atoms with Crippen molar-refractivity contribution < 1.29 is 9.47 Å². The molecule has 0 atom stereocenters. The third-order valence-electron chi connectivity index (χ3n) is 4.02. The number of benzene rings is 1. The largest absolute Gasteiger partial charge is 0.497 e. The fourth-order valence-corrected chi connectivity index (χ4v) is 2.54. The number of anilines is 3. The van der Waals surface area contributed by atoms with E-state index in [4.69, 9.17) is 14.5 Å². The Labute approximate surface area is 158 Å². The van der Waals surface area contributed by atoms with Gasteiger partial charge in [0.25, 0.3) is 0 Å². The van der Waals surface area contributed by atoms with Crippen molar-refractivity contribution in [1.29, 1.82) is 0 Å². The van der Waals surface area contributed by atoms with E-state index < -0.39 is 0 Å². The number of hydrogen-bond donors (Lipinski definition) is 2. The molecule has 0 saturated carbocycles. The number of nitrogens with one attached hydrogen (secondary N) is 2. The van der Waals surface area contributed by atoms with E-state index in [1.807, 2.05) is 55.3 Å². The summed E-state index contributed by atoms with van der Waals surface area (Å²) in [4.78, 5) is 11.4. The number of nitrogens with zero attached hydrogens (tertiary/aromatic N) is 4. The molecule has 0 fully saturated rings. The van der Waals surface area contributed by atoms with Crippen LogP contribution in [0.1, 0.15) is 5.69 Å². The van der Waals surface area contributed by atoms with E-state index in [-0.39, 0.29) is 0 Å². The van der Waals surface area contributed by atoms with Gasteiger partial charge in [0, 0.05) is 44.1 Å². The molecule has 0 saturated heterocycles. The van der Waals surface area contributed by atoms with Crippen molar-refractivity contribution in [2.24, 2.45) is 0 Å². The minimum Gasteiger partial charge on any atom is -0.497 e. The van der Waals surface area contributed by atoms with Crippen molar-refractivity contribution in [3.8, 4) is 17.1 Å². The maximum absolute atomic E-state index is 5.32. The lowest BCUT2D eigenvalue weighted by Gasteiger charge is -2.19. The van der Waals surface area contributed by atoms with E-state index in [9.17, 15) is 0 Å². The van der Waals surface area contributed by atoms with Gasteiger partial charge >= 0.3 is 0 Å². The normalized spacial score (nSPS) is 10.7. The smallest absolute Gasteiger partial charge is 0.164 e. The lowest BCUT2D eigenvalue weighted by atomic mass is 10.2. The number of rotatable bonds is 8. The first-order chi connectivity index (χ1) is 13.1. The highest BCUT2D eigenvalue weighted by molar-refractivity contribution is 5.65. The molecule has 0 unspecified atom stereocenters. The van der Waals surface area contributed by atoms with E-state index in [1.54, 1.807) is 14.2 Å². The second-order valence-electron chi connectivity index (χ2n) is 6.14. The molecule has 0 aliphatic rings. The van der Waals surface area contributed by atoms with Crippen LogP contribution in [-0.2, 0) is 4.74 Å². The van der Waals surface area contributed by atoms with Gasteiger partial charge in [-0.2, -0.15) is 5.10 Å². The summed E-state index contributed by atoms with van der Waals surface area (Å²) in [6, 6.07) is 11.5. The van der Waals surface area contributed by atoms with Gasteiger partial charge in [-0.15, -0.1) is 0 Å². The van der Waals surface area contributed by atoms with Crippen LogP contribution in [0.3, 0.4) is 0 Å². The lowest BCUT2D eigenvalue weighted by molar-refractivity contribution is 0.206. The van der Waals surface area contributed by atoms with Crippen LogP contribution < -0.4 is 15.0 Å². The van der Waals surface area contributed by atoms with Crippen molar-refractivity contribution in [3.05, 3.63) is 42.1 Å². The Balaban J connectivity index is 1.98. The summed E-state index contributed by atoms with van der Waals surface area (Å²) in [6.07, 6.45) is 0. The topological polar surface area (TPSA) is 88.2 Å². The molecule has 8 heteroatoms. The maximum atomic E-state index is 5.32. The number of hydrogen-bond acceptors (Lipinski definition) is 7. The van der Waals surface area contributed by atoms with E-state index in [0.29, 0.717) is 30.6 Å². The van der Waals surface area contributed by atoms with Crippen molar-refractivity contribution in [1.82, 2.24) is 20.2 Å². The number of aromatic amines is 1. The number of aryl methyl sites for hydroxylation is 1. The third kappa shape index (κ3) is 4.73. The van der Waals surface area contributed by atoms with Crippen molar-refractivity contribution in [3.63, 3.8) is 0 Å². The summed E-state index contributed by atoms with van der Waals surface area (Å²) in [6.45, 7) is 3.27. The molecule has 0 bridgehead atoms. The summed E-state index contributed by atoms with van der Waals surface area (Å²) >= 11 is 0. The van der Waals surface area contributed by atoms with Crippen LogP contribution in [0.4, 0.5) is 17.5 Å². The molecule has 142 valence electrons. The van der Waals surface area contributed by atoms with E-state index in [1.165, 1.54) is 0 Å². The maximum Gasteiger partial charge on any atom is 0.164 e. The Kier molecular flexibility index (Phi) is 5.87. The summed E-state index contributed by atoms with van der Waals surface area (Å²) in [5, 5.41) is 10.4. The molecule has 3 aromatic rings. The first-order valence-corrected chi connectivity index (χ1v) is 8.61. The molecule has 2 heterocycles. The summed E-state index contributed by atoms with van der Waals surface area (Å²) < 4.78 is 10.5. The lowest BCUT2D eigenvalue weighted by Crippen LogP contribution is -2.23. The van der Waals surface area contributed by atoms with Crippen molar-refractivity contribution in [2.75, 3.05) is 44.6 Å². The average molecular weight is 368 g/mol. The van der Waals surface area contributed by atoms with Gasteiger partial charge in [0.15, 0.2) is 11.6 Å². The highest BCUT2D eigenvalue weighted by atomic mass is 16.5. The van der Waals surface area contributed by atoms with Gasteiger partial charge in [0.05, 0.1) is 13.7 Å². The Morgan fingerprint density at radius 3 is 2.67 bits per heavy atom. The van der Waals surface area contributed by atoms with Gasteiger partial charge in [0.2, 0.25) is 0 Å². The van der Waals surface area contributed by atoms with Crippen molar-refractivity contribution >= 4 is 17.5 Å². The first kappa shape index (κ1) is 18.7. The van der Waals surface area contributed by atoms with Crippen LogP contribution in [0.25, 0.3) is 11.4 Å². The van der Waals surface area contributed by atoms with Crippen LogP contribution in [0.15, 0.2) is 36.4 Å². The van der Waals surface area contributed by atoms with Gasteiger partial charge in [-0.1, -0.05) is 12.1 Å². The third-order valence-corrected chi connectivity index (χ3v) is 4.02. The number of ether oxygens (including phenoxy) is 2. The molecule has 1 aromatic carbocycles. The molecule has 0 aliphatic heterocycles. The minimum absolute atomic E-state index is 0.602. The fourth-order valence-electron chi connectivity index (χ4n) is 2.54. The molecule has 3 rings (SSSR count). The molecular formula is C19H24N6O2. The predicted molar refractivity (Wildman–Crippen MR) is 106 cm³/mol. The van der Waals surface area contributed by atoms with Gasteiger partial charge in [-0.05, 0) is 19.1 Å². The van der Waals surface area contributed by atoms with Gasteiger partial charge in [-0.3, -0.25) is 5.10 Å². The van der Waals surface area contributed by atoms with E-state index >= 15 is 0 Å². The van der Waals surface area contributed by atoms with Gasteiger partial charge in [0.1, 0.15) is 17.4 Å². The number of methoxy groups -OCH3 is 2. The van der Waals surface area contributed by atoms with Crippen LogP contribution in [0, 0.1) is 6.92 Å². The van der Waals surface area contributed by atoms with E-state index in [2.05, 4.69) is 20.5 Å². The summed E-state index contributed by atoms with van der Waals surface area (Å²) in [5.74, 6) is 3.51. The standard InChI is InChI=1S/C19H24N6O2/c1-13-10-17(24-23-13)20-16-12-18(25(2)8-9-26-3)22-19(21-16)14-6-5-7-15(11-14)27-4/h5-7,10-12H,8-9H2,1-4H3,(H2,20,21,22,23,24). The van der Waals surface area contributed by atoms with Crippen molar-refractivity contribution in [2.45, 2.75) is 6.92 Å². The second-order valence-corrected chi connectivity index (χ2v) is 6.14. The highest BCUT2D eigenvalue weighted by Crippen LogP contribution is 2.26. The summed E-state index contributed by atoms with van der Waals surface area (Å²) in [5.41, 5.74) is 1.84. The number of H-pyrrole nitrogens is 1. The average Bonchev–Trinajstić information content (AvgIpc) is 3.10. The number of aromatic nitrogens is 4. The molecule has 2 N–H and O–H groups in total. The Bertz CT molecular complexity index is 895. The van der Waals surface area contributed by atoms with Gasteiger partial charge < -0.3 is 19.7 Å². The molecule has 0 radical (unpaired) electrons. The monoisotopic (exact) mass is 368 g/mol. The Hall–Kier alpha value is -3.13. The zero-order chi connectivity index (χ0) is 19.2. The molecular weight excluding hydrogens is 344 g/mol. The fraction of sp³-hybridized carbons (Fsp3) is 0.316. The Morgan fingerprint density at radius 1 is 1.11 bits per heavy atom. The molecule has 2 aromatic heterocycles. The molecule has 0 spiro atoms. The minimum atomic E-state index is 0.602. The van der Waals surface area contributed by atoms with E-state index in [0.717, 1.165) is 22.8 Å². The van der Waals surface area contributed by atoms with Crippen LogP contribution in [0.2, 0.25) is 0 Å². The summed E-state index contributed by atoms with van der Waals surface area (Å²) in [7, 11) is 5.30. The zero-order valence-electron chi connectivity index (χ0n) is 16.0. The second kappa shape index (κ2) is 8.50. The molecule has 0 aliphatic carbocycles. The molecule has 8 nitrogen and oxygen atoms in total. The molecule has 27 heavy (non-hydrogen) atoms. The number of likely N-dealkylation sites (N-methyl/N-ethyl adjacent to an activating group) is 1. The quantitative estimate of drug-likeness (QED) is 0.632. The molecule has 0 amide bonds. The van der Waals surface area contributed by atoms with Crippen LogP contribution in [-0.4, -0.2) is 54.6 Å².